The molecule has 1 fully saturated rings. The van der Waals surface area contributed by atoms with Gasteiger partial charge in [0, 0.05) is 23.0 Å². The van der Waals surface area contributed by atoms with Crippen LogP contribution in [0, 0.1) is 5.92 Å². The van der Waals surface area contributed by atoms with Gasteiger partial charge in [0.05, 0.1) is 12.2 Å². The van der Waals surface area contributed by atoms with Gasteiger partial charge in [-0.25, -0.2) is 0 Å². The summed E-state index contributed by atoms with van der Waals surface area (Å²) in [4.78, 5) is 18.0. The third-order valence-electron chi connectivity index (χ3n) is 6.18. The summed E-state index contributed by atoms with van der Waals surface area (Å²) in [6, 6.07) is 23.9. The van der Waals surface area contributed by atoms with E-state index in [4.69, 9.17) is 16.3 Å². The molecule has 3 aromatic rings. The number of carbonyl (C=O) groups is 1. The second-order valence-corrected chi connectivity index (χ2v) is 8.72. The van der Waals surface area contributed by atoms with Gasteiger partial charge in [-0.15, -0.1) is 0 Å². The monoisotopic (exact) mass is 432 g/mol. The first-order chi connectivity index (χ1) is 15.2. The van der Waals surface area contributed by atoms with E-state index in [1.54, 1.807) is 6.07 Å². The maximum atomic E-state index is 13.7. The van der Waals surface area contributed by atoms with E-state index in [1.165, 1.54) is 5.56 Å². The first-order valence-electron chi connectivity index (χ1n) is 10.8. The third-order valence-corrected chi connectivity index (χ3v) is 6.42. The molecule has 0 radical (unpaired) electrons. The molecule has 0 aliphatic carbocycles. The maximum absolute atomic E-state index is 13.7. The summed E-state index contributed by atoms with van der Waals surface area (Å²) in [6.45, 7) is 3.28. The summed E-state index contributed by atoms with van der Waals surface area (Å²) in [7, 11) is 0. The Morgan fingerprint density at radius 3 is 2.48 bits per heavy atom. The van der Waals surface area contributed by atoms with Crippen molar-refractivity contribution in [3.05, 3.63) is 88.9 Å². The number of carbonyl (C=O) groups excluding carboxylic acids is 1. The van der Waals surface area contributed by atoms with E-state index < -0.39 is 0 Å². The molecule has 158 valence electrons. The van der Waals surface area contributed by atoms with Gasteiger partial charge >= 0.3 is 0 Å². The fraction of sp³-hybridized carbons (Fsp3) is 0.269. The number of halogens is 1. The molecule has 0 spiro atoms. The SMILES string of the molecule is O=C(C1CCN(Cc2ccccc2)CC1)N1Cc2ccccc2Oc2ccc(Cl)cc21. The molecule has 2 aliphatic rings. The lowest BCUT2D eigenvalue weighted by atomic mass is 9.94. The highest BCUT2D eigenvalue weighted by Crippen LogP contribution is 2.41. The summed E-state index contributed by atoms with van der Waals surface area (Å²) in [5, 5.41) is 0.601. The smallest absolute Gasteiger partial charge is 0.230 e. The molecule has 1 saturated heterocycles. The van der Waals surface area contributed by atoms with Crippen molar-refractivity contribution in [2.24, 2.45) is 5.92 Å². The van der Waals surface area contributed by atoms with Crippen molar-refractivity contribution in [1.82, 2.24) is 4.90 Å². The third kappa shape index (κ3) is 4.32. The van der Waals surface area contributed by atoms with Crippen LogP contribution in [0.25, 0.3) is 0 Å². The lowest BCUT2D eigenvalue weighted by Gasteiger charge is -2.34. The second kappa shape index (κ2) is 8.74. The number of nitrogens with zero attached hydrogens (tertiary/aromatic N) is 2. The first-order valence-corrected chi connectivity index (χ1v) is 11.2. The highest BCUT2D eigenvalue weighted by Gasteiger charge is 2.32. The predicted molar refractivity (Wildman–Crippen MR) is 124 cm³/mol. The minimum atomic E-state index is 0.00381. The molecule has 0 aromatic heterocycles. The molecule has 2 heterocycles. The number of likely N-dealkylation sites (tertiary alicyclic amines) is 1. The molecule has 5 heteroatoms. The van der Waals surface area contributed by atoms with Gasteiger partial charge in [-0.2, -0.15) is 0 Å². The molecule has 0 N–H and O–H groups in total. The van der Waals surface area contributed by atoms with Crippen molar-refractivity contribution in [1.29, 1.82) is 0 Å². The molecule has 4 nitrogen and oxygen atoms in total. The van der Waals surface area contributed by atoms with Gasteiger partial charge < -0.3 is 9.64 Å². The van der Waals surface area contributed by atoms with Crippen LogP contribution in [0.2, 0.25) is 5.02 Å². The van der Waals surface area contributed by atoms with E-state index in [2.05, 4.69) is 29.2 Å². The molecule has 3 aromatic carbocycles. The molecular weight excluding hydrogens is 408 g/mol. The number of anilines is 1. The second-order valence-electron chi connectivity index (χ2n) is 8.28. The van der Waals surface area contributed by atoms with Gasteiger partial charge in [0.2, 0.25) is 5.91 Å². The number of hydrogen-bond donors (Lipinski definition) is 0. The topological polar surface area (TPSA) is 32.8 Å². The zero-order chi connectivity index (χ0) is 21.2. The standard InChI is InChI=1S/C26H25ClN2O2/c27-22-10-11-25-23(16-22)29(18-21-8-4-5-9-24(21)31-25)26(30)20-12-14-28(15-13-20)17-19-6-2-1-3-7-19/h1-11,16,20H,12-15,17-18H2. The molecule has 31 heavy (non-hydrogen) atoms. The number of hydrogen-bond acceptors (Lipinski definition) is 3. The highest BCUT2D eigenvalue weighted by molar-refractivity contribution is 6.31. The normalized spacial score (nSPS) is 16.7. The Hall–Kier alpha value is -2.82. The zero-order valence-electron chi connectivity index (χ0n) is 17.3. The summed E-state index contributed by atoms with van der Waals surface area (Å²) in [6.07, 6.45) is 1.72. The van der Waals surface area contributed by atoms with Crippen LogP contribution in [0.5, 0.6) is 11.5 Å². The van der Waals surface area contributed by atoms with Gasteiger partial charge in [-0.05, 0) is 55.8 Å². The Kier molecular flexibility index (Phi) is 5.66. The van der Waals surface area contributed by atoms with Crippen molar-refractivity contribution in [2.45, 2.75) is 25.9 Å². The van der Waals surface area contributed by atoms with E-state index in [0.717, 1.165) is 49.5 Å². The predicted octanol–water partition coefficient (Wildman–Crippen LogP) is 5.89. The van der Waals surface area contributed by atoms with Crippen LogP contribution < -0.4 is 9.64 Å². The maximum Gasteiger partial charge on any atom is 0.230 e. The fourth-order valence-electron chi connectivity index (χ4n) is 4.49. The molecule has 0 saturated carbocycles. The van der Waals surface area contributed by atoms with Gasteiger partial charge in [0.15, 0.2) is 5.75 Å². The number of rotatable bonds is 3. The van der Waals surface area contributed by atoms with Crippen molar-refractivity contribution in [3.8, 4) is 11.5 Å². The van der Waals surface area contributed by atoms with Crippen molar-refractivity contribution >= 4 is 23.2 Å². The molecule has 0 unspecified atom stereocenters. The van der Waals surface area contributed by atoms with Crippen LogP contribution >= 0.6 is 11.6 Å². The molecule has 5 rings (SSSR count). The fourth-order valence-corrected chi connectivity index (χ4v) is 4.66. The van der Waals surface area contributed by atoms with E-state index in [9.17, 15) is 4.79 Å². The average molecular weight is 433 g/mol. The molecule has 1 amide bonds. The minimum Gasteiger partial charge on any atom is -0.455 e. The number of piperidine rings is 1. The van der Waals surface area contributed by atoms with E-state index in [0.29, 0.717) is 17.3 Å². The van der Waals surface area contributed by atoms with Gasteiger partial charge in [0.1, 0.15) is 5.75 Å². The lowest BCUT2D eigenvalue weighted by molar-refractivity contribution is -0.124. The summed E-state index contributed by atoms with van der Waals surface area (Å²) in [5.74, 6) is 1.62. The van der Waals surface area contributed by atoms with Gasteiger partial charge in [0.25, 0.3) is 0 Å². The van der Waals surface area contributed by atoms with Crippen LogP contribution in [-0.2, 0) is 17.9 Å². The van der Waals surface area contributed by atoms with Crippen LogP contribution in [0.3, 0.4) is 0 Å². The molecular formula is C26H25ClN2O2. The van der Waals surface area contributed by atoms with Gasteiger partial charge in [-0.3, -0.25) is 9.69 Å². The van der Waals surface area contributed by atoms with Crippen molar-refractivity contribution in [2.75, 3.05) is 18.0 Å². The minimum absolute atomic E-state index is 0.00381. The van der Waals surface area contributed by atoms with Crippen LogP contribution in [0.15, 0.2) is 72.8 Å². The zero-order valence-corrected chi connectivity index (χ0v) is 18.1. The summed E-state index contributed by atoms with van der Waals surface area (Å²) in [5.41, 5.74) is 3.07. The lowest BCUT2D eigenvalue weighted by Crippen LogP contribution is -2.42. The van der Waals surface area contributed by atoms with E-state index in [1.807, 2.05) is 47.4 Å². The quantitative estimate of drug-likeness (QED) is 0.517. The molecule has 2 aliphatic heterocycles. The Balaban J connectivity index is 1.34. The summed E-state index contributed by atoms with van der Waals surface area (Å²) < 4.78 is 6.15. The van der Waals surface area contributed by atoms with Crippen molar-refractivity contribution in [3.63, 3.8) is 0 Å². The summed E-state index contributed by atoms with van der Waals surface area (Å²) >= 11 is 6.29. The number of para-hydroxylation sites is 1. The molecule has 0 bridgehead atoms. The number of fused-ring (bicyclic) bond motifs is 2. The van der Waals surface area contributed by atoms with Crippen molar-refractivity contribution < 1.29 is 9.53 Å². The Morgan fingerprint density at radius 1 is 0.935 bits per heavy atom. The van der Waals surface area contributed by atoms with Gasteiger partial charge in [-0.1, -0.05) is 60.1 Å². The van der Waals surface area contributed by atoms with Crippen LogP contribution in [-0.4, -0.2) is 23.9 Å². The largest absolute Gasteiger partial charge is 0.455 e. The van der Waals surface area contributed by atoms with E-state index in [-0.39, 0.29) is 11.8 Å². The highest BCUT2D eigenvalue weighted by atomic mass is 35.5. The Bertz CT molecular complexity index is 1080. The Labute approximate surface area is 188 Å². The van der Waals surface area contributed by atoms with E-state index >= 15 is 0 Å². The average Bonchev–Trinajstić information content (AvgIpc) is 2.96. The number of amides is 1. The van der Waals surface area contributed by atoms with Crippen LogP contribution in [0.1, 0.15) is 24.0 Å². The Morgan fingerprint density at radius 2 is 1.68 bits per heavy atom. The first kappa shape index (κ1) is 20.1. The number of ether oxygens (including phenoxy) is 1. The van der Waals surface area contributed by atoms with Crippen LogP contribution in [0.4, 0.5) is 5.69 Å². The number of benzene rings is 3. The molecule has 0 atom stereocenters.